The number of carbonyl (C=O) groups excluding carboxylic acids is 1. The quantitative estimate of drug-likeness (QED) is 0.403. The highest BCUT2D eigenvalue weighted by Crippen LogP contribution is 2.23. The van der Waals surface area contributed by atoms with Crippen LogP contribution in [0, 0.1) is 0 Å². The van der Waals surface area contributed by atoms with Gasteiger partial charge < -0.3 is 19.2 Å². The van der Waals surface area contributed by atoms with E-state index in [1.165, 1.54) is 6.26 Å². The van der Waals surface area contributed by atoms with Crippen molar-refractivity contribution >= 4 is 5.91 Å². The van der Waals surface area contributed by atoms with E-state index in [0.29, 0.717) is 24.7 Å². The molecule has 192 valence electrons. The van der Waals surface area contributed by atoms with Crippen molar-refractivity contribution in [2.45, 2.75) is 39.4 Å². The average Bonchev–Trinajstić information content (AvgIpc) is 3.37. The van der Waals surface area contributed by atoms with Crippen LogP contribution < -0.4 is 10.1 Å². The lowest BCUT2D eigenvalue weighted by atomic mass is 10.2. The van der Waals surface area contributed by atoms with E-state index in [-0.39, 0.29) is 11.9 Å². The molecule has 1 aliphatic heterocycles. The highest BCUT2D eigenvalue weighted by Gasteiger charge is 2.18. The van der Waals surface area contributed by atoms with Crippen molar-refractivity contribution in [1.82, 2.24) is 20.1 Å². The van der Waals surface area contributed by atoms with Gasteiger partial charge in [0.05, 0.1) is 19.8 Å². The van der Waals surface area contributed by atoms with Crippen LogP contribution in [0.4, 0.5) is 0 Å². The molecule has 36 heavy (non-hydrogen) atoms. The van der Waals surface area contributed by atoms with Crippen LogP contribution >= 0.6 is 0 Å². The van der Waals surface area contributed by atoms with E-state index in [1.54, 1.807) is 0 Å². The van der Waals surface area contributed by atoms with Crippen molar-refractivity contribution in [3.05, 3.63) is 78.0 Å². The van der Waals surface area contributed by atoms with Crippen LogP contribution in [0.15, 0.2) is 65.3 Å². The summed E-state index contributed by atoms with van der Waals surface area (Å²) in [6.45, 7) is 10.4. The van der Waals surface area contributed by atoms with Gasteiger partial charge in [0.2, 0.25) is 5.89 Å². The number of nitrogens with one attached hydrogen (secondary N) is 1. The minimum Gasteiger partial charge on any atom is -0.457 e. The van der Waals surface area contributed by atoms with Gasteiger partial charge in [-0.05, 0) is 43.2 Å². The van der Waals surface area contributed by atoms with Gasteiger partial charge in [-0.15, -0.1) is 0 Å². The number of hydrogen-bond acceptors (Lipinski definition) is 7. The van der Waals surface area contributed by atoms with E-state index in [2.05, 4.69) is 32.2 Å². The number of hydrogen-bond donors (Lipinski definition) is 1. The monoisotopic (exact) mass is 492 g/mol. The Balaban J connectivity index is 1.43. The molecule has 1 amide bonds. The number of oxazole rings is 1. The van der Waals surface area contributed by atoms with Gasteiger partial charge in [0, 0.05) is 38.8 Å². The smallest absolute Gasteiger partial charge is 0.273 e. The molecule has 2 aromatic carbocycles. The molecule has 1 N–H and O–H groups in total. The predicted octanol–water partition coefficient (Wildman–Crippen LogP) is 4.33. The number of amides is 1. The lowest BCUT2D eigenvalue weighted by molar-refractivity contribution is 0.0320. The van der Waals surface area contributed by atoms with Gasteiger partial charge in [0.1, 0.15) is 17.8 Å². The van der Waals surface area contributed by atoms with Crippen LogP contribution in [0.25, 0.3) is 0 Å². The van der Waals surface area contributed by atoms with Crippen LogP contribution in [0.5, 0.6) is 11.5 Å². The maximum Gasteiger partial charge on any atom is 0.273 e. The normalized spacial score (nSPS) is 15.1. The lowest BCUT2D eigenvalue weighted by Gasteiger charge is -2.29. The molecule has 1 fully saturated rings. The third kappa shape index (κ3) is 7.91. The van der Waals surface area contributed by atoms with Crippen molar-refractivity contribution in [3.8, 4) is 11.5 Å². The molecular weight excluding hydrogens is 456 g/mol. The standard InChI is InChI=1S/C28H36N4O4/c1-3-22(2)29-28(33)26-21-35-27(30-26)20-32(13-12-31-14-16-34-17-15-31)19-23-8-7-11-25(18-23)36-24-9-5-4-6-10-24/h4-11,18,21-22H,3,12-17,19-20H2,1-2H3,(H,29,33). The average molecular weight is 493 g/mol. The second kappa shape index (κ2) is 13.2. The third-order valence-electron chi connectivity index (χ3n) is 6.25. The largest absolute Gasteiger partial charge is 0.457 e. The molecule has 3 aromatic rings. The highest BCUT2D eigenvalue weighted by atomic mass is 16.5. The molecule has 1 saturated heterocycles. The first-order chi connectivity index (χ1) is 17.6. The molecule has 0 aliphatic carbocycles. The van der Waals surface area contributed by atoms with E-state index < -0.39 is 0 Å². The number of rotatable bonds is 12. The fourth-order valence-corrected chi connectivity index (χ4v) is 3.99. The molecule has 8 heteroatoms. The lowest BCUT2D eigenvalue weighted by Crippen LogP contribution is -2.41. The summed E-state index contributed by atoms with van der Waals surface area (Å²) in [4.78, 5) is 21.6. The summed E-state index contributed by atoms with van der Waals surface area (Å²) < 4.78 is 17.2. The predicted molar refractivity (Wildman–Crippen MR) is 138 cm³/mol. The molecule has 0 bridgehead atoms. The van der Waals surface area contributed by atoms with Crippen molar-refractivity contribution in [3.63, 3.8) is 0 Å². The van der Waals surface area contributed by atoms with Crippen molar-refractivity contribution in [1.29, 1.82) is 0 Å². The summed E-state index contributed by atoms with van der Waals surface area (Å²) >= 11 is 0. The van der Waals surface area contributed by atoms with Crippen molar-refractivity contribution in [2.75, 3.05) is 39.4 Å². The molecular formula is C28H36N4O4. The summed E-state index contributed by atoms with van der Waals surface area (Å²) in [7, 11) is 0. The molecule has 0 spiro atoms. The van der Waals surface area contributed by atoms with Crippen LogP contribution in [-0.2, 0) is 17.8 Å². The van der Waals surface area contributed by atoms with Gasteiger partial charge in [0.15, 0.2) is 5.69 Å². The van der Waals surface area contributed by atoms with E-state index in [0.717, 1.165) is 62.9 Å². The fourth-order valence-electron chi connectivity index (χ4n) is 3.99. The zero-order valence-corrected chi connectivity index (χ0v) is 21.2. The van der Waals surface area contributed by atoms with Gasteiger partial charge in [-0.3, -0.25) is 14.6 Å². The Kier molecular flexibility index (Phi) is 9.49. The third-order valence-corrected chi connectivity index (χ3v) is 6.25. The number of ether oxygens (including phenoxy) is 2. The molecule has 1 aromatic heterocycles. The second-order valence-corrected chi connectivity index (χ2v) is 9.14. The van der Waals surface area contributed by atoms with E-state index in [4.69, 9.17) is 13.9 Å². The molecule has 0 saturated carbocycles. The molecule has 1 aliphatic rings. The highest BCUT2D eigenvalue weighted by molar-refractivity contribution is 5.92. The van der Waals surface area contributed by atoms with E-state index >= 15 is 0 Å². The molecule has 8 nitrogen and oxygen atoms in total. The van der Waals surface area contributed by atoms with Crippen LogP contribution in [0.2, 0.25) is 0 Å². The minimum absolute atomic E-state index is 0.0908. The Morgan fingerprint density at radius 3 is 2.67 bits per heavy atom. The summed E-state index contributed by atoms with van der Waals surface area (Å²) in [6.07, 6.45) is 2.31. The molecule has 1 unspecified atom stereocenters. The van der Waals surface area contributed by atoms with Crippen molar-refractivity contribution < 1.29 is 18.7 Å². The Morgan fingerprint density at radius 1 is 1.11 bits per heavy atom. The molecule has 1 atom stereocenters. The zero-order valence-electron chi connectivity index (χ0n) is 21.2. The maximum atomic E-state index is 12.4. The zero-order chi connectivity index (χ0) is 25.2. The number of para-hydroxylation sites is 1. The van der Waals surface area contributed by atoms with Gasteiger partial charge in [-0.1, -0.05) is 37.3 Å². The first kappa shape index (κ1) is 25.9. The topological polar surface area (TPSA) is 80.1 Å². The Morgan fingerprint density at radius 2 is 1.89 bits per heavy atom. The van der Waals surface area contributed by atoms with Crippen molar-refractivity contribution in [2.24, 2.45) is 0 Å². The Bertz CT molecular complexity index is 1080. The summed E-state index contributed by atoms with van der Waals surface area (Å²) in [6, 6.07) is 18.0. The number of aromatic nitrogens is 1. The van der Waals surface area contributed by atoms with E-state index in [1.807, 2.05) is 56.3 Å². The summed E-state index contributed by atoms with van der Waals surface area (Å²) in [5.74, 6) is 1.93. The SMILES string of the molecule is CCC(C)NC(=O)c1coc(CN(CCN2CCOCC2)Cc2cccc(Oc3ccccc3)c2)n1. The first-order valence-corrected chi connectivity index (χ1v) is 12.7. The number of carbonyl (C=O) groups is 1. The van der Waals surface area contributed by atoms with Gasteiger partial charge >= 0.3 is 0 Å². The van der Waals surface area contributed by atoms with Crippen LogP contribution in [-0.4, -0.2) is 66.1 Å². The Hall–Kier alpha value is -3.20. The van der Waals surface area contributed by atoms with Crippen LogP contribution in [0.3, 0.4) is 0 Å². The molecule has 2 heterocycles. The van der Waals surface area contributed by atoms with Crippen LogP contribution in [0.1, 0.15) is 42.2 Å². The second-order valence-electron chi connectivity index (χ2n) is 9.14. The summed E-state index contributed by atoms with van der Waals surface area (Å²) in [5, 5.41) is 2.94. The minimum atomic E-state index is -0.204. The van der Waals surface area contributed by atoms with Gasteiger partial charge in [-0.25, -0.2) is 4.98 Å². The van der Waals surface area contributed by atoms with E-state index in [9.17, 15) is 4.79 Å². The Labute approximate surface area is 213 Å². The summed E-state index contributed by atoms with van der Waals surface area (Å²) in [5.41, 5.74) is 1.45. The molecule has 0 radical (unpaired) electrons. The molecule has 4 rings (SSSR count). The number of morpholine rings is 1. The van der Waals surface area contributed by atoms with Gasteiger partial charge in [0.25, 0.3) is 5.91 Å². The van der Waals surface area contributed by atoms with Gasteiger partial charge in [-0.2, -0.15) is 0 Å². The number of benzene rings is 2. The number of nitrogens with zero attached hydrogens (tertiary/aromatic N) is 3. The fraction of sp³-hybridized carbons (Fsp3) is 0.429. The maximum absolute atomic E-state index is 12.4. The first-order valence-electron chi connectivity index (χ1n) is 12.7.